The largest absolute Gasteiger partial charge is 0.507 e. The summed E-state index contributed by atoms with van der Waals surface area (Å²) in [5.41, 5.74) is 0. The van der Waals surface area contributed by atoms with Crippen molar-refractivity contribution in [1.29, 1.82) is 0 Å². The molecule has 0 aliphatic heterocycles. The first-order valence-corrected chi connectivity index (χ1v) is 9.88. The van der Waals surface area contributed by atoms with Crippen LogP contribution < -0.4 is 0 Å². The standard InChI is InChI=1S/C19H20O4S2/c20-14(9-11-24-18-7-3-1-5-16(18)22)13-15(21)10-12-25-19-8-4-2-6-17(19)23/h1-8,22-23H,9-13H2. The fourth-order valence-corrected chi connectivity index (χ4v) is 3.99. The van der Waals surface area contributed by atoms with E-state index >= 15 is 0 Å². The fourth-order valence-electron chi connectivity index (χ4n) is 2.10. The number of phenolic OH excluding ortho intramolecular Hbond substituents is 2. The van der Waals surface area contributed by atoms with Crippen molar-refractivity contribution in [3.05, 3.63) is 48.5 Å². The molecule has 0 unspecified atom stereocenters. The van der Waals surface area contributed by atoms with E-state index in [0.717, 1.165) is 9.79 Å². The predicted octanol–water partition coefficient (Wildman–Crippen LogP) is 4.29. The van der Waals surface area contributed by atoms with Gasteiger partial charge in [-0.2, -0.15) is 0 Å². The van der Waals surface area contributed by atoms with Crippen molar-refractivity contribution in [1.82, 2.24) is 0 Å². The van der Waals surface area contributed by atoms with Gasteiger partial charge in [0.15, 0.2) is 0 Å². The van der Waals surface area contributed by atoms with Crippen LogP contribution >= 0.6 is 23.5 Å². The minimum atomic E-state index is -0.0829. The Kier molecular flexibility index (Phi) is 7.88. The van der Waals surface area contributed by atoms with Crippen LogP contribution in [0.25, 0.3) is 0 Å². The first kappa shape index (κ1) is 19.4. The molecule has 0 aromatic heterocycles. The second kappa shape index (κ2) is 10.2. The van der Waals surface area contributed by atoms with Gasteiger partial charge in [-0.1, -0.05) is 24.3 Å². The Balaban J connectivity index is 1.64. The summed E-state index contributed by atoms with van der Waals surface area (Å²) in [7, 11) is 0. The molecule has 0 heterocycles. The number of carbonyl (C=O) groups is 2. The Morgan fingerprint density at radius 1 is 0.720 bits per heavy atom. The molecule has 0 saturated carbocycles. The first-order chi connectivity index (χ1) is 12.1. The van der Waals surface area contributed by atoms with E-state index in [2.05, 4.69) is 0 Å². The number of rotatable bonds is 10. The second-order valence-electron chi connectivity index (χ2n) is 5.39. The number of benzene rings is 2. The molecular weight excluding hydrogens is 356 g/mol. The van der Waals surface area contributed by atoms with Gasteiger partial charge in [-0.15, -0.1) is 23.5 Å². The Bertz CT molecular complexity index is 669. The summed E-state index contributed by atoms with van der Waals surface area (Å²) in [4.78, 5) is 25.2. The lowest BCUT2D eigenvalue weighted by Crippen LogP contribution is -2.09. The zero-order valence-electron chi connectivity index (χ0n) is 13.7. The zero-order valence-corrected chi connectivity index (χ0v) is 15.3. The van der Waals surface area contributed by atoms with E-state index in [4.69, 9.17) is 0 Å². The molecule has 25 heavy (non-hydrogen) atoms. The number of phenols is 2. The van der Waals surface area contributed by atoms with Crippen molar-refractivity contribution in [3.8, 4) is 11.5 Å². The van der Waals surface area contributed by atoms with Crippen LogP contribution in [0.4, 0.5) is 0 Å². The van der Waals surface area contributed by atoms with Crippen LogP contribution in [-0.4, -0.2) is 33.3 Å². The minimum absolute atomic E-state index is 0.0529. The topological polar surface area (TPSA) is 74.6 Å². The minimum Gasteiger partial charge on any atom is -0.507 e. The summed E-state index contributed by atoms with van der Waals surface area (Å²) in [6.45, 7) is 0. The lowest BCUT2D eigenvalue weighted by Gasteiger charge is -2.05. The van der Waals surface area contributed by atoms with Gasteiger partial charge in [-0.25, -0.2) is 0 Å². The Labute approximate surface area is 155 Å². The number of aromatic hydroxyl groups is 2. The predicted molar refractivity (Wildman–Crippen MR) is 102 cm³/mol. The highest BCUT2D eigenvalue weighted by Gasteiger charge is 2.11. The molecule has 0 fully saturated rings. The van der Waals surface area contributed by atoms with Crippen LogP contribution in [0.2, 0.25) is 0 Å². The van der Waals surface area contributed by atoms with Gasteiger partial charge in [-0.3, -0.25) is 9.59 Å². The van der Waals surface area contributed by atoms with Crippen LogP contribution in [0, 0.1) is 0 Å². The third-order valence-electron chi connectivity index (χ3n) is 3.40. The maximum absolute atomic E-state index is 11.9. The SMILES string of the molecule is O=C(CCSc1ccccc1O)CC(=O)CCSc1ccccc1O. The molecule has 0 aliphatic carbocycles. The molecule has 2 rings (SSSR count). The second-order valence-corrected chi connectivity index (χ2v) is 7.66. The highest BCUT2D eigenvalue weighted by Crippen LogP contribution is 2.29. The van der Waals surface area contributed by atoms with Crippen molar-refractivity contribution in [2.75, 3.05) is 11.5 Å². The molecule has 132 valence electrons. The van der Waals surface area contributed by atoms with Crippen LogP contribution in [-0.2, 0) is 9.59 Å². The Morgan fingerprint density at radius 3 is 1.52 bits per heavy atom. The smallest absolute Gasteiger partial charge is 0.141 e. The summed E-state index contributed by atoms with van der Waals surface area (Å²) in [5, 5.41) is 19.3. The van der Waals surface area contributed by atoms with Crippen LogP contribution in [0.1, 0.15) is 19.3 Å². The molecule has 2 N–H and O–H groups in total. The van der Waals surface area contributed by atoms with Gasteiger partial charge in [0, 0.05) is 34.1 Å². The summed E-state index contributed by atoms with van der Waals surface area (Å²) in [6.07, 6.45) is 0.553. The average molecular weight is 376 g/mol. The molecule has 0 atom stereocenters. The molecule has 6 heteroatoms. The van der Waals surface area contributed by atoms with Crippen molar-refractivity contribution >= 4 is 35.1 Å². The molecule has 0 bridgehead atoms. The van der Waals surface area contributed by atoms with Gasteiger partial charge < -0.3 is 10.2 Å². The number of hydrogen-bond donors (Lipinski definition) is 2. The summed E-state index contributed by atoms with van der Waals surface area (Å²) >= 11 is 2.81. The molecule has 0 aliphatic rings. The molecule has 2 aromatic rings. The number of ketones is 2. The van der Waals surface area contributed by atoms with Crippen molar-refractivity contribution in [2.24, 2.45) is 0 Å². The van der Waals surface area contributed by atoms with Gasteiger partial charge in [0.2, 0.25) is 0 Å². The quantitative estimate of drug-likeness (QED) is 0.476. The molecule has 0 saturated heterocycles. The molecule has 2 aromatic carbocycles. The van der Waals surface area contributed by atoms with E-state index in [1.165, 1.54) is 23.5 Å². The van der Waals surface area contributed by atoms with E-state index in [9.17, 15) is 19.8 Å². The van der Waals surface area contributed by atoms with E-state index in [1.54, 1.807) is 36.4 Å². The van der Waals surface area contributed by atoms with Crippen molar-refractivity contribution in [3.63, 3.8) is 0 Å². The molecule has 0 radical (unpaired) electrons. The number of hydrogen-bond acceptors (Lipinski definition) is 6. The van der Waals surface area contributed by atoms with Gasteiger partial charge >= 0.3 is 0 Å². The Hall–Kier alpha value is -1.92. The van der Waals surface area contributed by atoms with Gasteiger partial charge in [0.25, 0.3) is 0 Å². The number of carbonyl (C=O) groups excluding carboxylic acids is 2. The fraction of sp³-hybridized carbons (Fsp3) is 0.263. The molecule has 4 nitrogen and oxygen atoms in total. The molecule has 0 amide bonds. The maximum Gasteiger partial charge on any atom is 0.141 e. The van der Waals surface area contributed by atoms with Crippen LogP contribution in [0.3, 0.4) is 0 Å². The number of Topliss-reactive ketones (excluding diaryl/α,β-unsaturated/α-hetero) is 2. The Morgan fingerprint density at radius 2 is 1.12 bits per heavy atom. The summed E-state index contributed by atoms with van der Waals surface area (Å²) < 4.78 is 0. The monoisotopic (exact) mass is 376 g/mol. The lowest BCUT2D eigenvalue weighted by molar-refractivity contribution is -0.126. The van der Waals surface area contributed by atoms with E-state index < -0.39 is 0 Å². The first-order valence-electron chi connectivity index (χ1n) is 7.91. The highest BCUT2D eigenvalue weighted by atomic mass is 32.2. The molecular formula is C19H20O4S2. The van der Waals surface area contributed by atoms with E-state index in [0.29, 0.717) is 24.3 Å². The number of para-hydroxylation sites is 2. The van der Waals surface area contributed by atoms with Crippen LogP contribution in [0.5, 0.6) is 11.5 Å². The number of thioether (sulfide) groups is 2. The summed E-state index contributed by atoms with van der Waals surface area (Å²) in [6, 6.07) is 14.0. The average Bonchev–Trinajstić information content (AvgIpc) is 2.58. The zero-order chi connectivity index (χ0) is 18.1. The van der Waals surface area contributed by atoms with E-state index in [-0.39, 0.29) is 29.5 Å². The third kappa shape index (κ3) is 6.84. The third-order valence-corrected chi connectivity index (χ3v) is 5.53. The van der Waals surface area contributed by atoms with Crippen molar-refractivity contribution in [2.45, 2.75) is 29.1 Å². The lowest BCUT2D eigenvalue weighted by atomic mass is 10.1. The van der Waals surface area contributed by atoms with E-state index in [1.807, 2.05) is 12.1 Å². The normalized spacial score (nSPS) is 10.6. The van der Waals surface area contributed by atoms with Crippen molar-refractivity contribution < 1.29 is 19.8 Å². The van der Waals surface area contributed by atoms with Crippen LogP contribution in [0.15, 0.2) is 58.3 Å². The van der Waals surface area contributed by atoms with Gasteiger partial charge in [0.1, 0.15) is 23.1 Å². The highest BCUT2D eigenvalue weighted by molar-refractivity contribution is 7.99. The maximum atomic E-state index is 11.9. The molecule has 0 spiro atoms. The van der Waals surface area contributed by atoms with Gasteiger partial charge in [0.05, 0.1) is 6.42 Å². The van der Waals surface area contributed by atoms with Gasteiger partial charge in [-0.05, 0) is 24.3 Å². The summed E-state index contributed by atoms with van der Waals surface area (Å²) in [5.74, 6) is 1.32.